The van der Waals surface area contributed by atoms with Crippen LogP contribution in [0, 0.1) is 5.82 Å². The molecule has 0 aliphatic carbocycles. The molecular weight excluding hydrogens is 486 g/mol. The number of anilines is 1. The number of carbonyl (C=O) groups excluding carboxylic acids is 1. The van der Waals surface area contributed by atoms with Crippen LogP contribution in [0.4, 0.5) is 22.7 Å². The van der Waals surface area contributed by atoms with Gasteiger partial charge in [-0.2, -0.15) is 0 Å². The second-order valence-electron chi connectivity index (χ2n) is 6.97. The molecule has 15 heteroatoms. The predicted octanol–water partition coefficient (Wildman–Crippen LogP) is 2.57. The maximum absolute atomic E-state index is 14.0. The van der Waals surface area contributed by atoms with Crippen molar-refractivity contribution in [2.45, 2.75) is 12.8 Å². The van der Waals surface area contributed by atoms with E-state index in [-0.39, 0.29) is 39.6 Å². The second kappa shape index (κ2) is 8.40. The van der Waals surface area contributed by atoms with Gasteiger partial charge in [0.15, 0.2) is 16.7 Å². The zero-order valence-electron chi connectivity index (χ0n) is 17.3. The monoisotopic (exact) mass is 499 g/mol. The first-order chi connectivity index (χ1) is 15.9. The average Bonchev–Trinajstić information content (AvgIpc) is 3.38. The molecule has 0 saturated heterocycles. The number of nitrogens with zero attached hydrogens (tertiary/aromatic N) is 4. The van der Waals surface area contributed by atoms with Gasteiger partial charge < -0.3 is 14.6 Å². The van der Waals surface area contributed by atoms with E-state index in [9.17, 15) is 31.9 Å². The Kier molecular flexibility index (Phi) is 5.72. The summed E-state index contributed by atoms with van der Waals surface area (Å²) in [6.45, 7) is 0. The molecule has 0 atom stereocenters. The van der Waals surface area contributed by atoms with Crippen molar-refractivity contribution in [3.8, 4) is 17.0 Å². The Hall–Kier alpha value is -4.01. The number of ether oxygens (including phenoxy) is 1. The molecule has 1 amide bonds. The molecule has 0 radical (unpaired) electrons. The second-order valence-corrected chi connectivity index (χ2v) is 7.83. The Labute approximate surface area is 190 Å². The molecular formula is C19H13F4N5O5S. The van der Waals surface area contributed by atoms with Crippen LogP contribution in [-0.2, 0) is 25.3 Å². The van der Waals surface area contributed by atoms with E-state index >= 15 is 0 Å². The molecule has 1 N–H and O–H groups in total. The highest BCUT2D eigenvalue weighted by Crippen LogP contribution is 2.31. The summed E-state index contributed by atoms with van der Waals surface area (Å²) in [5.41, 5.74) is -0.979. The first kappa shape index (κ1) is 23.2. The number of aromatic nitrogens is 4. The number of aryl methyl sites for hydroxylation is 1. The summed E-state index contributed by atoms with van der Waals surface area (Å²) in [6, 6.07) is 2.83. The smallest absolute Gasteiger partial charge is 0.403 e. The third-order valence-electron chi connectivity index (χ3n) is 4.67. The number of rotatable bonds is 5. The summed E-state index contributed by atoms with van der Waals surface area (Å²) in [7, 11) is 2.67. The normalized spacial score (nSPS) is 11.7. The van der Waals surface area contributed by atoms with Gasteiger partial charge in [0.1, 0.15) is 11.1 Å². The Balaban J connectivity index is 1.51. The lowest BCUT2D eigenvalue weighted by Gasteiger charge is -2.10. The number of alkyl halides is 3. The zero-order valence-corrected chi connectivity index (χ0v) is 18.1. The Bertz CT molecular complexity index is 1530. The van der Waals surface area contributed by atoms with Crippen molar-refractivity contribution < 1.29 is 31.6 Å². The van der Waals surface area contributed by atoms with E-state index in [1.54, 1.807) is 0 Å². The van der Waals surface area contributed by atoms with E-state index in [4.69, 9.17) is 4.52 Å². The molecule has 0 bridgehead atoms. The number of hydrogen-bond donors (Lipinski definition) is 1. The van der Waals surface area contributed by atoms with Gasteiger partial charge in [0.05, 0.1) is 12.1 Å². The third kappa shape index (κ3) is 4.41. The molecule has 4 rings (SSSR count). The quantitative estimate of drug-likeness (QED) is 0.419. The van der Waals surface area contributed by atoms with Gasteiger partial charge in [0, 0.05) is 25.0 Å². The van der Waals surface area contributed by atoms with Crippen molar-refractivity contribution in [3.05, 3.63) is 55.9 Å². The molecule has 4 aromatic rings. The number of fused-ring (bicyclic) bond motifs is 1. The summed E-state index contributed by atoms with van der Waals surface area (Å²) in [5, 5.41) is 7.77. The van der Waals surface area contributed by atoms with Crippen LogP contribution in [0.1, 0.15) is 5.69 Å². The fourth-order valence-electron chi connectivity index (χ4n) is 3.09. The van der Waals surface area contributed by atoms with Crippen LogP contribution in [0.25, 0.3) is 22.4 Å². The lowest BCUT2D eigenvalue weighted by Crippen LogP contribution is -2.36. The molecule has 178 valence electrons. The van der Waals surface area contributed by atoms with Gasteiger partial charge in [-0.05, 0) is 18.2 Å². The number of hydrogen-bond acceptors (Lipinski definition) is 8. The van der Waals surface area contributed by atoms with Gasteiger partial charge in [-0.15, -0.1) is 24.5 Å². The van der Waals surface area contributed by atoms with Crippen LogP contribution in [0.3, 0.4) is 0 Å². The fourth-order valence-corrected chi connectivity index (χ4v) is 3.83. The van der Waals surface area contributed by atoms with Crippen LogP contribution in [0.15, 0.2) is 37.7 Å². The van der Waals surface area contributed by atoms with Gasteiger partial charge in [0.25, 0.3) is 5.56 Å². The highest BCUT2D eigenvalue weighted by Gasteiger charge is 2.32. The summed E-state index contributed by atoms with van der Waals surface area (Å²) in [5.74, 6) is -2.82. The number of carbonyl (C=O) groups is 1. The molecule has 34 heavy (non-hydrogen) atoms. The van der Waals surface area contributed by atoms with Gasteiger partial charge >= 0.3 is 12.1 Å². The Morgan fingerprint density at radius 3 is 2.65 bits per heavy atom. The SMILES string of the molecule is Cn1c(=O)c2c(CC(=O)Nc3nc(-c4ccc(OC(F)(F)F)c(F)c4)cs3)noc2n(C)c1=O. The van der Waals surface area contributed by atoms with Crippen molar-refractivity contribution in [1.82, 2.24) is 19.3 Å². The zero-order chi connectivity index (χ0) is 24.8. The molecule has 0 aliphatic rings. The van der Waals surface area contributed by atoms with Crippen LogP contribution >= 0.6 is 11.3 Å². The molecule has 10 nitrogen and oxygen atoms in total. The minimum atomic E-state index is -5.03. The third-order valence-corrected chi connectivity index (χ3v) is 5.43. The van der Waals surface area contributed by atoms with Crippen molar-refractivity contribution >= 4 is 33.5 Å². The molecule has 0 fully saturated rings. The molecule has 0 saturated carbocycles. The number of halogens is 4. The van der Waals surface area contributed by atoms with Gasteiger partial charge in [-0.25, -0.2) is 14.2 Å². The number of nitrogens with one attached hydrogen (secondary N) is 1. The Morgan fingerprint density at radius 1 is 1.24 bits per heavy atom. The van der Waals surface area contributed by atoms with Crippen LogP contribution in [0.5, 0.6) is 5.75 Å². The minimum absolute atomic E-state index is 0.0165. The first-order valence-corrected chi connectivity index (χ1v) is 10.2. The molecule has 0 aliphatic heterocycles. The minimum Gasteiger partial charge on any atom is -0.403 e. The molecule has 3 heterocycles. The molecule has 0 unspecified atom stereocenters. The van der Waals surface area contributed by atoms with E-state index in [2.05, 4.69) is 20.2 Å². The van der Waals surface area contributed by atoms with Crippen molar-refractivity contribution in [2.24, 2.45) is 14.1 Å². The summed E-state index contributed by atoms with van der Waals surface area (Å²) in [4.78, 5) is 41.0. The standard InChI is InChI=1S/C19H13F4N5O5S/c1-27-15(30)14-10(26-33-16(14)28(2)18(27)31)6-13(29)25-17-24-11(7-34-17)8-3-4-12(9(20)5-8)32-19(21,22)23/h3-5,7H,6H2,1-2H3,(H,24,25,29). The van der Waals surface area contributed by atoms with Gasteiger partial charge in [-0.3, -0.25) is 18.7 Å². The topological polar surface area (TPSA) is 121 Å². The van der Waals surface area contributed by atoms with Crippen LogP contribution in [-0.4, -0.2) is 31.5 Å². The molecule has 3 aromatic heterocycles. The maximum atomic E-state index is 14.0. The van der Waals surface area contributed by atoms with Gasteiger partial charge in [-0.1, -0.05) is 5.16 Å². The highest BCUT2D eigenvalue weighted by molar-refractivity contribution is 7.14. The van der Waals surface area contributed by atoms with E-state index in [0.29, 0.717) is 0 Å². The largest absolute Gasteiger partial charge is 0.573 e. The average molecular weight is 499 g/mol. The van der Waals surface area contributed by atoms with Crippen LogP contribution in [0.2, 0.25) is 0 Å². The summed E-state index contributed by atoms with van der Waals surface area (Å²) < 4.78 is 61.4. The Morgan fingerprint density at radius 2 is 1.97 bits per heavy atom. The molecule has 0 spiro atoms. The van der Waals surface area contributed by atoms with Gasteiger partial charge in [0.2, 0.25) is 11.6 Å². The number of thiazole rings is 1. The van der Waals surface area contributed by atoms with Crippen LogP contribution < -0.4 is 21.3 Å². The van der Waals surface area contributed by atoms with E-state index in [1.165, 1.54) is 25.5 Å². The molecule has 1 aromatic carbocycles. The van der Waals surface area contributed by atoms with Crippen molar-refractivity contribution in [2.75, 3.05) is 5.32 Å². The lowest BCUT2D eigenvalue weighted by atomic mass is 10.1. The van der Waals surface area contributed by atoms with E-state index < -0.39 is 35.1 Å². The fraction of sp³-hybridized carbons (Fsp3) is 0.211. The maximum Gasteiger partial charge on any atom is 0.573 e. The van der Waals surface area contributed by atoms with E-state index in [1.807, 2.05) is 0 Å². The van der Waals surface area contributed by atoms with E-state index in [0.717, 1.165) is 32.6 Å². The predicted molar refractivity (Wildman–Crippen MR) is 111 cm³/mol. The first-order valence-electron chi connectivity index (χ1n) is 9.30. The number of amides is 1. The van der Waals surface area contributed by atoms with Crippen molar-refractivity contribution in [3.63, 3.8) is 0 Å². The lowest BCUT2D eigenvalue weighted by molar-refractivity contribution is -0.275. The highest BCUT2D eigenvalue weighted by atomic mass is 32.1. The summed E-state index contributed by atoms with van der Waals surface area (Å²) >= 11 is 0.987. The number of benzene rings is 1. The van der Waals surface area contributed by atoms with Crippen molar-refractivity contribution in [1.29, 1.82) is 0 Å². The summed E-state index contributed by atoms with van der Waals surface area (Å²) in [6.07, 6.45) is -5.40.